The van der Waals surface area contributed by atoms with Crippen LogP contribution in [0.25, 0.3) is 11.0 Å². The number of benzene rings is 1. The molecule has 0 saturated carbocycles. The lowest BCUT2D eigenvalue weighted by molar-refractivity contribution is -0.115. The molecular weight excluding hydrogens is 322 g/mol. The Morgan fingerprint density at radius 2 is 2.12 bits per heavy atom. The first-order chi connectivity index (χ1) is 12.0. The van der Waals surface area contributed by atoms with E-state index in [0.29, 0.717) is 11.6 Å². The number of aromatic nitrogens is 1. The third kappa shape index (κ3) is 3.66. The molecular formula is C18H21N3O4. The molecule has 0 aliphatic rings. The molecule has 1 atom stereocenters. The number of nitrogens with one attached hydrogen (secondary N) is 2. The summed E-state index contributed by atoms with van der Waals surface area (Å²) in [6, 6.07) is 7.23. The van der Waals surface area contributed by atoms with Crippen LogP contribution in [0.1, 0.15) is 30.0 Å². The average Bonchev–Trinajstić information content (AvgIpc) is 3.15. The number of carbonyl (C=O) groups excluding carboxylic acids is 1. The van der Waals surface area contributed by atoms with Gasteiger partial charge in [-0.1, -0.05) is 5.16 Å². The third-order valence-electron chi connectivity index (χ3n) is 4.03. The van der Waals surface area contributed by atoms with Crippen molar-refractivity contribution in [3.63, 3.8) is 0 Å². The molecule has 3 rings (SSSR count). The number of fused-ring (bicyclic) bond motifs is 1. The highest BCUT2D eigenvalue weighted by Crippen LogP contribution is 2.31. The smallest absolute Gasteiger partial charge is 0.240 e. The predicted molar refractivity (Wildman–Crippen MR) is 93.8 cm³/mol. The van der Waals surface area contributed by atoms with Gasteiger partial charge in [0.15, 0.2) is 0 Å². The Hall–Kier alpha value is -2.80. The average molecular weight is 343 g/mol. The van der Waals surface area contributed by atoms with Crippen LogP contribution in [0, 0.1) is 13.8 Å². The largest absolute Gasteiger partial charge is 0.497 e. The van der Waals surface area contributed by atoms with Crippen LogP contribution in [-0.4, -0.2) is 24.7 Å². The number of methoxy groups -OCH3 is 1. The number of aryl methyl sites for hydroxylation is 2. The third-order valence-corrected chi connectivity index (χ3v) is 4.03. The Morgan fingerprint density at radius 3 is 2.80 bits per heavy atom. The van der Waals surface area contributed by atoms with Crippen molar-refractivity contribution in [1.29, 1.82) is 0 Å². The van der Waals surface area contributed by atoms with E-state index in [1.54, 1.807) is 20.1 Å². The van der Waals surface area contributed by atoms with Gasteiger partial charge in [-0.25, -0.2) is 0 Å². The quantitative estimate of drug-likeness (QED) is 0.713. The maximum absolute atomic E-state index is 12.0. The summed E-state index contributed by atoms with van der Waals surface area (Å²) in [4.78, 5) is 12.0. The second-order valence-corrected chi connectivity index (χ2v) is 5.94. The van der Waals surface area contributed by atoms with Crippen LogP contribution in [0.3, 0.4) is 0 Å². The summed E-state index contributed by atoms with van der Waals surface area (Å²) >= 11 is 0. The van der Waals surface area contributed by atoms with Crippen molar-refractivity contribution in [2.45, 2.75) is 26.8 Å². The maximum Gasteiger partial charge on any atom is 0.240 e. The van der Waals surface area contributed by atoms with Gasteiger partial charge < -0.3 is 13.7 Å². The number of hydrogen-bond donors (Lipinski definition) is 2. The van der Waals surface area contributed by atoms with E-state index in [1.165, 1.54) is 0 Å². The van der Waals surface area contributed by atoms with Gasteiger partial charge in [0.1, 0.15) is 17.1 Å². The number of amides is 1. The summed E-state index contributed by atoms with van der Waals surface area (Å²) in [5.74, 6) is 1.71. The van der Waals surface area contributed by atoms with Crippen molar-refractivity contribution in [1.82, 2.24) is 10.5 Å². The number of anilines is 1. The molecule has 0 bridgehead atoms. The van der Waals surface area contributed by atoms with Crippen LogP contribution in [0.15, 0.2) is 33.2 Å². The Morgan fingerprint density at radius 1 is 1.32 bits per heavy atom. The molecule has 2 N–H and O–H groups in total. The van der Waals surface area contributed by atoms with Gasteiger partial charge in [0.05, 0.1) is 25.4 Å². The van der Waals surface area contributed by atoms with E-state index in [0.717, 1.165) is 28.0 Å². The lowest BCUT2D eigenvalue weighted by Gasteiger charge is -2.11. The van der Waals surface area contributed by atoms with Crippen molar-refractivity contribution >= 4 is 22.8 Å². The monoisotopic (exact) mass is 343 g/mol. The van der Waals surface area contributed by atoms with Crippen LogP contribution in [0.4, 0.5) is 5.88 Å². The zero-order valence-electron chi connectivity index (χ0n) is 14.7. The summed E-state index contributed by atoms with van der Waals surface area (Å²) in [7, 11) is 1.64. The van der Waals surface area contributed by atoms with Crippen LogP contribution in [0.2, 0.25) is 0 Å². The van der Waals surface area contributed by atoms with Crippen molar-refractivity contribution in [2.75, 3.05) is 19.0 Å². The van der Waals surface area contributed by atoms with E-state index in [9.17, 15) is 4.79 Å². The molecule has 132 valence electrons. The Bertz CT molecular complexity index is 897. The molecule has 0 spiro atoms. The predicted octanol–water partition coefficient (Wildman–Crippen LogP) is 3.34. The fourth-order valence-corrected chi connectivity index (χ4v) is 2.70. The number of carbonyl (C=O) groups is 1. The van der Waals surface area contributed by atoms with Crippen molar-refractivity contribution in [3.05, 3.63) is 41.3 Å². The van der Waals surface area contributed by atoms with E-state index in [-0.39, 0.29) is 18.5 Å². The van der Waals surface area contributed by atoms with Gasteiger partial charge in [0.25, 0.3) is 0 Å². The van der Waals surface area contributed by atoms with E-state index < -0.39 is 0 Å². The number of ether oxygens (including phenoxy) is 1. The molecule has 0 radical (unpaired) electrons. The lowest BCUT2D eigenvalue weighted by atomic mass is 10.1. The second kappa shape index (κ2) is 6.98. The van der Waals surface area contributed by atoms with Crippen molar-refractivity contribution in [3.8, 4) is 5.75 Å². The Kier molecular flexibility index (Phi) is 4.76. The number of furan rings is 1. The Balaban J connectivity index is 1.66. The molecule has 0 aliphatic carbocycles. The van der Waals surface area contributed by atoms with Gasteiger partial charge in [0.2, 0.25) is 11.8 Å². The highest BCUT2D eigenvalue weighted by atomic mass is 16.5. The molecule has 0 aliphatic heterocycles. The topological polar surface area (TPSA) is 89.5 Å². The molecule has 0 unspecified atom stereocenters. The maximum atomic E-state index is 12.0. The van der Waals surface area contributed by atoms with E-state index in [2.05, 4.69) is 15.8 Å². The summed E-state index contributed by atoms with van der Waals surface area (Å²) in [5.41, 5.74) is 2.54. The van der Waals surface area contributed by atoms with Crippen LogP contribution in [0.5, 0.6) is 5.75 Å². The molecule has 2 heterocycles. The highest BCUT2D eigenvalue weighted by Gasteiger charge is 2.18. The Labute approximate surface area is 145 Å². The van der Waals surface area contributed by atoms with Gasteiger partial charge in [-0.3, -0.25) is 15.4 Å². The summed E-state index contributed by atoms with van der Waals surface area (Å²) in [6.45, 7) is 5.86. The fraction of sp³-hybridized carbons (Fsp3) is 0.333. The number of rotatable bonds is 6. The fourth-order valence-electron chi connectivity index (χ4n) is 2.70. The second-order valence-electron chi connectivity index (χ2n) is 5.94. The van der Waals surface area contributed by atoms with E-state index in [1.807, 2.05) is 32.0 Å². The number of nitrogens with zero attached hydrogens (tertiary/aromatic N) is 1. The van der Waals surface area contributed by atoms with Crippen molar-refractivity contribution in [2.24, 2.45) is 0 Å². The van der Waals surface area contributed by atoms with E-state index >= 15 is 0 Å². The number of hydrogen-bond acceptors (Lipinski definition) is 6. The minimum absolute atomic E-state index is 0.124. The first-order valence-corrected chi connectivity index (χ1v) is 8.01. The molecule has 1 aromatic carbocycles. The van der Waals surface area contributed by atoms with Crippen LogP contribution < -0.4 is 15.4 Å². The molecule has 3 aromatic rings. The summed E-state index contributed by atoms with van der Waals surface area (Å²) in [5, 5.41) is 10.5. The first-order valence-electron chi connectivity index (χ1n) is 8.01. The van der Waals surface area contributed by atoms with Gasteiger partial charge in [-0.15, -0.1) is 0 Å². The minimum atomic E-state index is -0.210. The standard InChI is InChI=1S/C18H21N3O4/c1-10-7-17(25-21-10)20-16(22)9-19-12(3)18-11(2)14-8-13(23-4)5-6-15(14)24-18/h5-8,12,19H,9H2,1-4H3,(H,20,22)/t12-/m1/s1. The molecule has 25 heavy (non-hydrogen) atoms. The highest BCUT2D eigenvalue weighted by molar-refractivity contribution is 5.91. The molecule has 2 aromatic heterocycles. The zero-order valence-corrected chi connectivity index (χ0v) is 14.7. The molecule has 7 heteroatoms. The minimum Gasteiger partial charge on any atom is -0.497 e. The molecule has 7 nitrogen and oxygen atoms in total. The normalized spacial score (nSPS) is 12.3. The molecule has 0 fully saturated rings. The first kappa shape index (κ1) is 17.0. The van der Waals surface area contributed by atoms with Gasteiger partial charge in [-0.05, 0) is 39.0 Å². The van der Waals surface area contributed by atoms with Crippen LogP contribution >= 0.6 is 0 Å². The van der Waals surface area contributed by atoms with Crippen LogP contribution in [-0.2, 0) is 4.79 Å². The molecule has 1 amide bonds. The summed E-state index contributed by atoms with van der Waals surface area (Å²) < 4.78 is 16.2. The lowest BCUT2D eigenvalue weighted by Crippen LogP contribution is -2.30. The SMILES string of the molecule is COc1ccc2oc([C@@H](C)NCC(=O)Nc3cc(C)no3)c(C)c2c1. The zero-order chi connectivity index (χ0) is 18.0. The molecule has 0 saturated heterocycles. The summed E-state index contributed by atoms with van der Waals surface area (Å²) in [6.07, 6.45) is 0. The van der Waals surface area contributed by atoms with Gasteiger partial charge in [-0.2, -0.15) is 0 Å². The van der Waals surface area contributed by atoms with Gasteiger partial charge in [0, 0.05) is 17.0 Å². The van der Waals surface area contributed by atoms with Gasteiger partial charge >= 0.3 is 0 Å². The van der Waals surface area contributed by atoms with Crippen molar-refractivity contribution < 1.29 is 18.5 Å². The van der Waals surface area contributed by atoms with E-state index in [4.69, 9.17) is 13.7 Å².